The summed E-state index contributed by atoms with van der Waals surface area (Å²) in [4.78, 5) is 13.2. The summed E-state index contributed by atoms with van der Waals surface area (Å²) in [7, 11) is 3.99. The molecule has 0 aliphatic rings. The molecule has 4 heteroatoms. The highest BCUT2D eigenvalue weighted by Crippen LogP contribution is 2.15. The van der Waals surface area contributed by atoms with Crippen LogP contribution in [0.1, 0.15) is 6.92 Å². The minimum absolute atomic E-state index is 0.0131. The Hall–Kier alpha value is -1.71. The third-order valence-electron chi connectivity index (χ3n) is 2.21. The molecule has 0 unspecified atom stereocenters. The number of carbonyl (C=O) groups is 1. The smallest absolute Gasteiger partial charge is 0.239 e. The zero-order chi connectivity index (χ0) is 12.0. The highest BCUT2D eigenvalue weighted by Gasteiger charge is 1.99. The number of likely N-dealkylation sites (N-methyl/N-ethyl adjacent to an activating group) is 1. The van der Waals surface area contributed by atoms with Crippen molar-refractivity contribution in [2.45, 2.75) is 6.92 Å². The second kappa shape index (κ2) is 6.00. The number of benzene rings is 1. The van der Waals surface area contributed by atoms with Crippen molar-refractivity contribution in [2.24, 2.45) is 0 Å². The van der Waals surface area contributed by atoms with Gasteiger partial charge in [0.1, 0.15) is 0 Å². The molecule has 0 heterocycles. The Labute approximate surface area is 96.6 Å². The van der Waals surface area contributed by atoms with E-state index in [2.05, 4.69) is 10.6 Å². The van der Waals surface area contributed by atoms with Gasteiger partial charge in [-0.2, -0.15) is 0 Å². The largest absolute Gasteiger partial charge is 0.378 e. The van der Waals surface area contributed by atoms with Crippen molar-refractivity contribution < 1.29 is 4.79 Å². The van der Waals surface area contributed by atoms with E-state index < -0.39 is 0 Å². The lowest BCUT2D eigenvalue weighted by molar-refractivity contribution is -0.119. The lowest BCUT2D eigenvalue weighted by Gasteiger charge is -2.13. The van der Waals surface area contributed by atoms with E-state index in [0.717, 1.165) is 11.4 Å². The fraction of sp³-hybridized carbons (Fsp3) is 0.417. The number of carbonyl (C=O) groups excluding carboxylic acids is 1. The van der Waals surface area contributed by atoms with Gasteiger partial charge < -0.3 is 15.5 Å². The molecule has 0 saturated heterocycles. The molecule has 0 atom stereocenters. The number of nitrogens with zero attached hydrogens (tertiary/aromatic N) is 1. The maximum absolute atomic E-state index is 11.2. The van der Waals surface area contributed by atoms with Gasteiger partial charge in [0.2, 0.25) is 5.91 Å². The van der Waals surface area contributed by atoms with Crippen LogP contribution in [0.4, 0.5) is 11.4 Å². The van der Waals surface area contributed by atoms with Crippen molar-refractivity contribution in [3.8, 4) is 0 Å². The van der Waals surface area contributed by atoms with Crippen molar-refractivity contribution in [2.75, 3.05) is 37.4 Å². The Morgan fingerprint density at radius 2 is 1.88 bits per heavy atom. The molecule has 0 bridgehead atoms. The number of amides is 1. The molecule has 0 saturated carbocycles. The molecule has 16 heavy (non-hydrogen) atoms. The van der Waals surface area contributed by atoms with Crippen LogP contribution >= 0.6 is 0 Å². The number of anilines is 2. The molecule has 0 aliphatic carbocycles. The predicted molar refractivity (Wildman–Crippen MR) is 67.9 cm³/mol. The first kappa shape index (κ1) is 12.4. The highest BCUT2D eigenvalue weighted by atomic mass is 16.1. The summed E-state index contributed by atoms with van der Waals surface area (Å²) >= 11 is 0. The molecular weight excluding hydrogens is 202 g/mol. The number of hydrogen-bond acceptors (Lipinski definition) is 3. The molecule has 0 spiro atoms. The van der Waals surface area contributed by atoms with Crippen LogP contribution in [0, 0.1) is 0 Å². The van der Waals surface area contributed by atoms with Gasteiger partial charge in [-0.05, 0) is 31.2 Å². The summed E-state index contributed by atoms with van der Waals surface area (Å²) in [6.07, 6.45) is 0. The van der Waals surface area contributed by atoms with E-state index in [1.807, 2.05) is 50.2 Å². The van der Waals surface area contributed by atoms with Gasteiger partial charge in [-0.15, -0.1) is 0 Å². The topological polar surface area (TPSA) is 44.4 Å². The fourth-order valence-electron chi connectivity index (χ4n) is 1.32. The van der Waals surface area contributed by atoms with Crippen LogP contribution in [-0.2, 0) is 4.79 Å². The van der Waals surface area contributed by atoms with Crippen LogP contribution < -0.4 is 15.5 Å². The molecule has 0 aromatic heterocycles. The van der Waals surface area contributed by atoms with Crippen LogP contribution in [-0.4, -0.2) is 33.1 Å². The molecule has 1 amide bonds. The van der Waals surface area contributed by atoms with E-state index in [0.29, 0.717) is 13.1 Å². The first-order valence-corrected chi connectivity index (χ1v) is 5.41. The Morgan fingerprint density at radius 3 is 2.38 bits per heavy atom. The zero-order valence-corrected chi connectivity index (χ0v) is 10.1. The van der Waals surface area contributed by atoms with Crippen LogP contribution in [0.15, 0.2) is 24.3 Å². The van der Waals surface area contributed by atoms with Gasteiger partial charge in [-0.1, -0.05) is 0 Å². The van der Waals surface area contributed by atoms with Crippen molar-refractivity contribution in [3.63, 3.8) is 0 Å². The van der Waals surface area contributed by atoms with E-state index >= 15 is 0 Å². The second-order valence-electron chi connectivity index (χ2n) is 3.75. The van der Waals surface area contributed by atoms with E-state index in [4.69, 9.17) is 0 Å². The van der Waals surface area contributed by atoms with Crippen LogP contribution in [0.5, 0.6) is 0 Å². The number of nitrogens with one attached hydrogen (secondary N) is 2. The molecule has 0 aliphatic heterocycles. The third-order valence-corrected chi connectivity index (χ3v) is 2.21. The van der Waals surface area contributed by atoms with Gasteiger partial charge >= 0.3 is 0 Å². The van der Waals surface area contributed by atoms with Gasteiger partial charge in [-0.3, -0.25) is 4.79 Å². The molecule has 1 rings (SSSR count). The van der Waals surface area contributed by atoms with Gasteiger partial charge in [-0.25, -0.2) is 0 Å². The van der Waals surface area contributed by atoms with E-state index in [9.17, 15) is 4.79 Å². The van der Waals surface area contributed by atoms with Crippen LogP contribution in [0.25, 0.3) is 0 Å². The molecule has 0 fully saturated rings. The molecule has 4 nitrogen and oxygen atoms in total. The normalized spacial score (nSPS) is 9.69. The van der Waals surface area contributed by atoms with E-state index in [1.165, 1.54) is 0 Å². The van der Waals surface area contributed by atoms with Crippen molar-refractivity contribution >= 4 is 17.3 Å². The quantitative estimate of drug-likeness (QED) is 0.787. The maximum Gasteiger partial charge on any atom is 0.239 e. The van der Waals surface area contributed by atoms with Gasteiger partial charge in [0.05, 0.1) is 6.54 Å². The van der Waals surface area contributed by atoms with Gasteiger partial charge in [0.15, 0.2) is 0 Å². The molecular formula is C12H19N3O. The Balaban J connectivity index is 2.46. The molecule has 88 valence electrons. The average molecular weight is 221 g/mol. The first-order chi connectivity index (χ1) is 7.63. The maximum atomic E-state index is 11.2. The zero-order valence-electron chi connectivity index (χ0n) is 10.1. The van der Waals surface area contributed by atoms with E-state index in [1.54, 1.807) is 0 Å². The van der Waals surface area contributed by atoms with E-state index in [-0.39, 0.29) is 5.91 Å². The lowest BCUT2D eigenvalue weighted by Crippen LogP contribution is -2.29. The third kappa shape index (κ3) is 3.81. The summed E-state index contributed by atoms with van der Waals surface area (Å²) < 4.78 is 0. The molecule has 1 aromatic carbocycles. The predicted octanol–water partition coefficient (Wildman–Crippen LogP) is 1.30. The van der Waals surface area contributed by atoms with Gasteiger partial charge in [0.25, 0.3) is 0 Å². The lowest BCUT2D eigenvalue weighted by atomic mass is 10.2. The van der Waals surface area contributed by atoms with Crippen molar-refractivity contribution in [1.29, 1.82) is 0 Å². The average Bonchev–Trinajstić information content (AvgIpc) is 2.27. The van der Waals surface area contributed by atoms with Crippen LogP contribution in [0.2, 0.25) is 0 Å². The molecule has 0 radical (unpaired) electrons. The summed E-state index contributed by atoms with van der Waals surface area (Å²) in [6.45, 7) is 2.89. The Kier molecular flexibility index (Phi) is 4.64. The monoisotopic (exact) mass is 221 g/mol. The molecule has 2 N–H and O–H groups in total. The summed E-state index contributed by atoms with van der Waals surface area (Å²) in [5.41, 5.74) is 2.10. The number of rotatable bonds is 5. The van der Waals surface area contributed by atoms with Gasteiger partial charge in [0, 0.05) is 32.0 Å². The van der Waals surface area contributed by atoms with Crippen molar-refractivity contribution in [1.82, 2.24) is 5.32 Å². The van der Waals surface area contributed by atoms with Crippen LogP contribution in [0.3, 0.4) is 0 Å². The number of hydrogen-bond donors (Lipinski definition) is 2. The second-order valence-corrected chi connectivity index (χ2v) is 3.75. The fourth-order valence-corrected chi connectivity index (χ4v) is 1.32. The summed E-state index contributed by atoms with van der Waals surface area (Å²) in [5.74, 6) is 0.0131. The summed E-state index contributed by atoms with van der Waals surface area (Å²) in [5, 5.41) is 5.80. The minimum atomic E-state index is 0.0131. The first-order valence-electron chi connectivity index (χ1n) is 5.41. The SMILES string of the molecule is CCNC(=O)CNc1ccc(N(C)C)cc1. The molecule has 1 aromatic rings. The Bertz CT molecular complexity index is 333. The van der Waals surface area contributed by atoms with Crippen molar-refractivity contribution in [3.05, 3.63) is 24.3 Å². The standard InChI is InChI=1S/C12H19N3O/c1-4-13-12(16)9-14-10-5-7-11(8-6-10)15(2)3/h5-8,14H,4,9H2,1-3H3,(H,13,16). The summed E-state index contributed by atoms with van der Waals surface area (Å²) in [6, 6.07) is 7.96. The Morgan fingerprint density at radius 1 is 1.25 bits per heavy atom. The highest BCUT2D eigenvalue weighted by molar-refractivity contribution is 5.80. The minimum Gasteiger partial charge on any atom is -0.378 e.